The van der Waals surface area contributed by atoms with Crippen LogP contribution in [0.25, 0.3) is 0 Å². The first-order valence-electron chi connectivity index (χ1n) is 7.11. The van der Waals surface area contributed by atoms with Gasteiger partial charge in [-0.05, 0) is 25.8 Å². The van der Waals surface area contributed by atoms with E-state index in [0.29, 0.717) is 24.4 Å². The summed E-state index contributed by atoms with van der Waals surface area (Å²) in [6.07, 6.45) is 1.72. The minimum absolute atomic E-state index is 0. The first-order chi connectivity index (χ1) is 9.58. The lowest BCUT2D eigenvalue weighted by atomic mass is 10.1. The lowest BCUT2D eigenvalue weighted by Crippen LogP contribution is -2.44. The summed E-state index contributed by atoms with van der Waals surface area (Å²) in [6, 6.07) is 4.23. The van der Waals surface area contributed by atoms with Crippen LogP contribution in [0.2, 0.25) is 0 Å². The predicted molar refractivity (Wildman–Crippen MR) is 98.5 cm³/mol. The normalized spacial score (nSPS) is 12.6. The fourth-order valence-electron chi connectivity index (χ4n) is 1.59. The van der Waals surface area contributed by atoms with Crippen molar-refractivity contribution in [3.8, 4) is 5.88 Å². The Morgan fingerprint density at radius 1 is 1.38 bits per heavy atom. The molecule has 0 aliphatic carbocycles. The molecule has 1 atom stereocenters. The van der Waals surface area contributed by atoms with Gasteiger partial charge in [-0.15, -0.1) is 24.0 Å². The van der Waals surface area contributed by atoms with Gasteiger partial charge in [0.1, 0.15) is 0 Å². The van der Waals surface area contributed by atoms with Crippen LogP contribution in [0.3, 0.4) is 0 Å². The monoisotopic (exact) mass is 406 g/mol. The highest BCUT2D eigenvalue weighted by atomic mass is 127. The molecule has 0 saturated carbocycles. The molecule has 1 aromatic heterocycles. The van der Waals surface area contributed by atoms with Gasteiger partial charge in [-0.25, -0.2) is 9.98 Å². The number of nitrogens with one attached hydrogen (secondary N) is 2. The Morgan fingerprint density at radius 2 is 2.10 bits per heavy atom. The summed E-state index contributed by atoms with van der Waals surface area (Å²) < 4.78 is 5.24. The van der Waals surface area contributed by atoms with Gasteiger partial charge in [0.25, 0.3) is 0 Å². The smallest absolute Gasteiger partial charge is 0.218 e. The maximum atomic E-state index is 5.24. The van der Waals surface area contributed by atoms with Crippen molar-refractivity contribution in [1.29, 1.82) is 0 Å². The summed E-state index contributed by atoms with van der Waals surface area (Å²) in [7, 11) is 1.62. The Bertz CT molecular complexity index is 437. The average molecular weight is 406 g/mol. The Balaban J connectivity index is 0.00000400. The van der Waals surface area contributed by atoms with Crippen LogP contribution in [-0.4, -0.2) is 30.6 Å². The van der Waals surface area contributed by atoms with Crippen molar-refractivity contribution in [2.24, 2.45) is 10.9 Å². The van der Waals surface area contributed by atoms with E-state index in [1.54, 1.807) is 13.3 Å². The molecule has 0 saturated heterocycles. The molecule has 0 bridgehead atoms. The van der Waals surface area contributed by atoms with Crippen LogP contribution < -0.4 is 15.4 Å². The Labute approximate surface area is 145 Å². The van der Waals surface area contributed by atoms with Crippen molar-refractivity contribution >= 4 is 29.9 Å². The number of pyridine rings is 1. The van der Waals surface area contributed by atoms with Crippen LogP contribution in [0.1, 0.15) is 33.3 Å². The number of hydrogen-bond donors (Lipinski definition) is 2. The van der Waals surface area contributed by atoms with Gasteiger partial charge in [0.15, 0.2) is 5.96 Å². The van der Waals surface area contributed by atoms with E-state index in [1.165, 1.54) is 0 Å². The first kappa shape index (κ1) is 19.9. The molecule has 21 heavy (non-hydrogen) atoms. The molecule has 5 nitrogen and oxygen atoms in total. The number of aliphatic imine (C=N–C) groups is 1. The number of nitrogens with zero attached hydrogens (tertiary/aromatic N) is 2. The third kappa shape index (κ3) is 6.97. The van der Waals surface area contributed by atoms with Gasteiger partial charge in [0.2, 0.25) is 5.88 Å². The van der Waals surface area contributed by atoms with Crippen molar-refractivity contribution in [2.75, 3.05) is 13.7 Å². The Hall–Kier alpha value is -1.05. The molecule has 0 amide bonds. The van der Waals surface area contributed by atoms with Gasteiger partial charge in [-0.3, -0.25) is 0 Å². The number of hydrogen-bond acceptors (Lipinski definition) is 3. The maximum Gasteiger partial charge on any atom is 0.218 e. The van der Waals surface area contributed by atoms with E-state index in [9.17, 15) is 0 Å². The van der Waals surface area contributed by atoms with E-state index >= 15 is 0 Å². The van der Waals surface area contributed by atoms with Crippen molar-refractivity contribution in [2.45, 2.75) is 40.3 Å². The van der Waals surface area contributed by atoms with Crippen LogP contribution in [-0.2, 0) is 6.54 Å². The van der Waals surface area contributed by atoms with Gasteiger partial charge >= 0.3 is 0 Å². The largest absolute Gasteiger partial charge is 0.481 e. The van der Waals surface area contributed by atoms with E-state index in [-0.39, 0.29) is 24.0 Å². The average Bonchev–Trinajstić information content (AvgIpc) is 2.45. The van der Waals surface area contributed by atoms with Crippen molar-refractivity contribution in [3.05, 3.63) is 23.9 Å². The van der Waals surface area contributed by atoms with Crippen LogP contribution >= 0.6 is 24.0 Å². The molecule has 0 aromatic carbocycles. The SMILES string of the molecule is CCNC(=NCc1cccnc1OC)NC(C)C(C)C.I. The molecular formula is C15H27IN4O. The number of ether oxygens (including phenoxy) is 1. The Kier molecular flexibility index (Phi) is 10.1. The number of halogens is 1. The van der Waals surface area contributed by atoms with E-state index in [4.69, 9.17) is 4.74 Å². The molecule has 0 aliphatic rings. The third-order valence-electron chi connectivity index (χ3n) is 3.16. The topological polar surface area (TPSA) is 58.5 Å². The number of rotatable bonds is 6. The predicted octanol–water partition coefficient (Wildman–Crippen LogP) is 2.81. The van der Waals surface area contributed by atoms with Gasteiger partial charge in [-0.1, -0.05) is 19.9 Å². The van der Waals surface area contributed by atoms with Crippen LogP contribution in [0, 0.1) is 5.92 Å². The molecule has 2 N–H and O–H groups in total. The highest BCUT2D eigenvalue weighted by Crippen LogP contribution is 2.14. The quantitative estimate of drug-likeness (QED) is 0.434. The van der Waals surface area contributed by atoms with Gasteiger partial charge < -0.3 is 15.4 Å². The summed E-state index contributed by atoms with van der Waals surface area (Å²) in [6.45, 7) is 9.96. The van der Waals surface area contributed by atoms with Crippen molar-refractivity contribution in [3.63, 3.8) is 0 Å². The summed E-state index contributed by atoms with van der Waals surface area (Å²) >= 11 is 0. The molecule has 0 fully saturated rings. The molecule has 6 heteroatoms. The second kappa shape index (κ2) is 10.6. The Morgan fingerprint density at radius 3 is 2.67 bits per heavy atom. The summed E-state index contributed by atoms with van der Waals surface area (Å²) in [5, 5.41) is 6.66. The maximum absolute atomic E-state index is 5.24. The van der Waals surface area contributed by atoms with Crippen LogP contribution in [0.5, 0.6) is 5.88 Å². The fraction of sp³-hybridized carbons (Fsp3) is 0.600. The zero-order chi connectivity index (χ0) is 15.0. The van der Waals surface area contributed by atoms with Gasteiger partial charge in [0.05, 0.1) is 13.7 Å². The highest BCUT2D eigenvalue weighted by Gasteiger charge is 2.09. The number of aromatic nitrogens is 1. The van der Waals surface area contributed by atoms with Gasteiger partial charge in [0, 0.05) is 24.3 Å². The zero-order valence-electron chi connectivity index (χ0n) is 13.5. The molecule has 0 aliphatic heterocycles. The van der Waals surface area contributed by atoms with Gasteiger partial charge in [-0.2, -0.15) is 0 Å². The molecule has 1 rings (SSSR count). The van der Waals surface area contributed by atoms with Crippen LogP contribution in [0.15, 0.2) is 23.3 Å². The molecule has 0 radical (unpaired) electrons. The van der Waals surface area contributed by atoms with Crippen molar-refractivity contribution < 1.29 is 4.74 Å². The van der Waals surface area contributed by atoms with E-state index in [1.807, 2.05) is 12.1 Å². The van der Waals surface area contributed by atoms with Crippen LogP contribution in [0.4, 0.5) is 0 Å². The van der Waals surface area contributed by atoms with E-state index in [2.05, 4.69) is 48.3 Å². The van der Waals surface area contributed by atoms with E-state index in [0.717, 1.165) is 18.1 Å². The minimum atomic E-state index is 0. The first-order valence-corrected chi connectivity index (χ1v) is 7.11. The number of methoxy groups -OCH3 is 1. The molecular weight excluding hydrogens is 379 g/mol. The number of guanidine groups is 1. The van der Waals surface area contributed by atoms with Crippen molar-refractivity contribution in [1.82, 2.24) is 15.6 Å². The minimum Gasteiger partial charge on any atom is -0.481 e. The second-order valence-corrected chi connectivity index (χ2v) is 5.04. The molecule has 1 unspecified atom stereocenters. The summed E-state index contributed by atoms with van der Waals surface area (Å²) in [4.78, 5) is 8.77. The summed E-state index contributed by atoms with van der Waals surface area (Å²) in [5.74, 6) is 2.00. The standard InChI is InChI=1S/C15H26N4O.HI/c1-6-16-15(19-12(4)11(2)3)18-10-13-8-7-9-17-14(13)20-5;/h7-9,11-12H,6,10H2,1-5H3,(H2,16,18,19);1H. The molecule has 0 spiro atoms. The highest BCUT2D eigenvalue weighted by molar-refractivity contribution is 14.0. The zero-order valence-corrected chi connectivity index (χ0v) is 15.8. The third-order valence-corrected chi connectivity index (χ3v) is 3.16. The molecule has 1 aromatic rings. The molecule has 120 valence electrons. The second-order valence-electron chi connectivity index (χ2n) is 5.04. The molecule has 1 heterocycles. The lowest BCUT2D eigenvalue weighted by Gasteiger charge is -2.20. The fourth-order valence-corrected chi connectivity index (χ4v) is 1.59. The van der Waals surface area contributed by atoms with E-state index < -0.39 is 0 Å². The summed E-state index contributed by atoms with van der Waals surface area (Å²) in [5.41, 5.74) is 0.976. The lowest BCUT2D eigenvalue weighted by molar-refractivity contribution is 0.392.